The van der Waals surface area contributed by atoms with Crippen molar-refractivity contribution in [3.63, 3.8) is 0 Å². The van der Waals surface area contributed by atoms with Gasteiger partial charge in [0.15, 0.2) is 0 Å². The first kappa shape index (κ1) is 22.3. The minimum Gasteiger partial charge on any atom is -0.355 e. The van der Waals surface area contributed by atoms with Gasteiger partial charge in [-0.15, -0.1) is 0 Å². The normalized spacial score (nSPS) is 10.9. The van der Waals surface area contributed by atoms with E-state index in [0.717, 1.165) is 0 Å². The topological polar surface area (TPSA) is 104 Å². The fraction of sp³-hybridized carbons (Fsp3) is 0.0909. The number of carbonyl (C=O) groups excluding carboxylic acids is 2. The minimum atomic E-state index is -3.93. The van der Waals surface area contributed by atoms with Gasteiger partial charge >= 0.3 is 0 Å². The van der Waals surface area contributed by atoms with E-state index in [1.807, 2.05) is 0 Å². The lowest BCUT2D eigenvalue weighted by molar-refractivity contribution is 0.0960. The van der Waals surface area contributed by atoms with E-state index >= 15 is 0 Å². The van der Waals surface area contributed by atoms with Crippen LogP contribution >= 0.6 is 11.6 Å². The molecule has 3 aromatic carbocycles. The van der Waals surface area contributed by atoms with Gasteiger partial charge in [0, 0.05) is 28.9 Å². The van der Waals surface area contributed by atoms with E-state index in [-0.39, 0.29) is 16.4 Å². The molecule has 0 aliphatic carbocycles. The van der Waals surface area contributed by atoms with E-state index in [9.17, 15) is 18.0 Å². The van der Waals surface area contributed by atoms with Crippen LogP contribution in [0.1, 0.15) is 26.3 Å². The Bertz CT molecular complexity index is 1260. The van der Waals surface area contributed by atoms with E-state index in [2.05, 4.69) is 15.4 Å². The van der Waals surface area contributed by atoms with Crippen LogP contribution in [0.4, 0.5) is 11.4 Å². The average molecular weight is 458 g/mol. The van der Waals surface area contributed by atoms with Gasteiger partial charge in [-0.1, -0.05) is 29.8 Å². The Morgan fingerprint density at radius 2 is 1.61 bits per heavy atom. The van der Waals surface area contributed by atoms with Gasteiger partial charge in [0.25, 0.3) is 21.8 Å². The van der Waals surface area contributed by atoms with Crippen LogP contribution in [0.3, 0.4) is 0 Å². The monoisotopic (exact) mass is 457 g/mol. The van der Waals surface area contributed by atoms with Gasteiger partial charge in [-0.25, -0.2) is 8.42 Å². The number of anilines is 2. The average Bonchev–Trinajstić information content (AvgIpc) is 2.74. The number of sulfonamides is 1. The molecule has 0 fully saturated rings. The van der Waals surface area contributed by atoms with Crippen molar-refractivity contribution in [2.24, 2.45) is 0 Å². The summed E-state index contributed by atoms with van der Waals surface area (Å²) in [7, 11) is -2.41. The molecule has 3 N–H and O–H groups in total. The molecule has 7 nitrogen and oxygen atoms in total. The van der Waals surface area contributed by atoms with Crippen LogP contribution in [-0.4, -0.2) is 27.3 Å². The molecule has 0 aromatic heterocycles. The molecule has 0 bridgehead atoms. The van der Waals surface area contributed by atoms with Crippen molar-refractivity contribution in [3.05, 3.63) is 88.4 Å². The molecule has 0 saturated heterocycles. The van der Waals surface area contributed by atoms with Crippen LogP contribution in [0.2, 0.25) is 5.02 Å². The summed E-state index contributed by atoms with van der Waals surface area (Å²) in [6, 6.07) is 16.9. The van der Waals surface area contributed by atoms with Gasteiger partial charge in [-0.05, 0) is 61.0 Å². The first-order chi connectivity index (χ1) is 14.7. The molecule has 9 heteroatoms. The Hall–Kier alpha value is -3.36. The van der Waals surface area contributed by atoms with Crippen molar-refractivity contribution in [3.8, 4) is 0 Å². The predicted octanol–water partition coefficient (Wildman–Crippen LogP) is 4.06. The Morgan fingerprint density at radius 3 is 2.32 bits per heavy atom. The molecule has 31 heavy (non-hydrogen) atoms. The van der Waals surface area contributed by atoms with Crippen LogP contribution in [0.5, 0.6) is 0 Å². The van der Waals surface area contributed by atoms with E-state index in [0.29, 0.717) is 27.5 Å². The third-order valence-corrected chi connectivity index (χ3v) is 6.15. The summed E-state index contributed by atoms with van der Waals surface area (Å²) < 4.78 is 27.9. The molecule has 3 rings (SSSR count). The van der Waals surface area contributed by atoms with Crippen LogP contribution < -0.4 is 15.4 Å². The molecular formula is C22H20ClN3O4S. The van der Waals surface area contributed by atoms with Crippen molar-refractivity contribution in [2.45, 2.75) is 11.8 Å². The molecule has 0 spiro atoms. The number of carbonyl (C=O) groups is 2. The van der Waals surface area contributed by atoms with Crippen LogP contribution in [0.15, 0.2) is 71.6 Å². The van der Waals surface area contributed by atoms with Crippen LogP contribution in [0, 0.1) is 6.92 Å². The Morgan fingerprint density at radius 1 is 0.903 bits per heavy atom. The molecule has 0 atom stereocenters. The van der Waals surface area contributed by atoms with Gasteiger partial charge in [0.1, 0.15) is 0 Å². The van der Waals surface area contributed by atoms with E-state index < -0.39 is 15.9 Å². The van der Waals surface area contributed by atoms with Crippen molar-refractivity contribution in [2.75, 3.05) is 17.1 Å². The number of hydrogen-bond acceptors (Lipinski definition) is 4. The number of hydrogen-bond donors (Lipinski definition) is 3. The highest BCUT2D eigenvalue weighted by Crippen LogP contribution is 2.22. The molecule has 3 aromatic rings. The fourth-order valence-corrected chi connectivity index (χ4v) is 4.20. The number of rotatable bonds is 6. The summed E-state index contributed by atoms with van der Waals surface area (Å²) in [5.41, 5.74) is 1.95. The van der Waals surface area contributed by atoms with E-state index in [4.69, 9.17) is 11.6 Å². The molecule has 0 heterocycles. The lowest BCUT2D eigenvalue weighted by Gasteiger charge is -2.13. The molecule has 0 unspecified atom stereocenters. The molecule has 160 valence electrons. The largest absolute Gasteiger partial charge is 0.355 e. The summed E-state index contributed by atoms with van der Waals surface area (Å²) >= 11 is 5.90. The van der Waals surface area contributed by atoms with Gasteiger partial charge in [-0.3, -0.25) is 14.3 Å². The predicted molar refractivity (Wildman–Crippen MR) is 121 cm³/mol. The van der Waals surface area contributed by atoms with Gasteiger partial charge in [0.2, 0.25) is 0 Å². The minimum absolute atomic E-state index is 0.0732. The SMILES string of the molecule is CNC(=O)c1cccc(NC(=O)c2cccc(S(=O)(=O)Nc3cccc(Cl)c3)c2)c1C. The Kier molecular flexibility index (Phi) is 6.62. The molecule has 0 aliphatic rings. The second kappa shape index (κ2) is 9.20. The van der Waals surface area contributed by atoms with Gasteiger partial charge in [-0.2, -0.15) is 0 Å². The number of halogens is 1. The highest BCUT2D eigenvalue weighted by molar-refractivity contribution is 7.92. The highest BCUT2D eigenvalue weighted by Gasteiger charge is 2.18. The molecule has 2 amide bonds. The van der Waals surface area contributed by atoms with Crippen molar-refractivity contribution >= 4 is 44.8 Å². The highest BCUT2D eigenvalue weighted by atomic mass is 35.5. The standard InChI is InChI=1S/C22H20ClN3O4S/c1-14-19(22(28)24-2)10-5-11-20(14)25-21(27)15-6-3-9-18(12-15)31(29,30)26-17-8-4-7-16(23)13-17/h3-13,26H,1-2H3,(H,24,28)(H,25,27). The van der Waals surface area contributed by atoms with Gasteiger partial charge in [0.05, 0.1) is 10.6 Å². The summed E-state index contributed by atoms with van der Waals surface area (Å²) in [6.45, 7) is 1.72. The lowest BCUT2D eigenvalue weighted by Crippen LogP contribution is -2.20. The fourth-order valence-electron chi connectivity index (χ4n) is 2.92. The second-order valence-electron chi connectivity index (χ2n) is 6.66. The Balaban J connectivity index is 1.85. The van der Waals surface area contributed by atoms with Crippen molar-refractivity contribution < 1.29 is 18.0 Å². The lowest BCUT2D eigenvalue weighted by atomic mass is 10.1. The number of benzene rings is 3. The van der Waals surface area contributed by atoms with E-state index in [1.165, 1.54) is 37.4 Å². The summed E-state index contributed by atoms with van der Waals surface area (Å²) in [4.78, 5) is 24.6. The van der Waals surface area contributed by atoms with Crippen molar-refractivity contribution in [1.82, 2.24) is 5.32 Å². The van der Waals surface area contributed by atoms with Crippen molar-refractivity contribution in [1.29, 1.82) is 0 Å². The molecular weight excluding hydrogens is 438 g/mol. The molecule has 0 saturated carbocycles. The maximum atomic E-state index is 12.8. The summed E-state index contributed by atoms with van der Waals surface area (Å²) in [5.74, 6) is -0.772. The zero-order valence-electron chi connectivity index (χ0n) is 16.8. The zero-order valence-corrected chi connectivity index (χ0v) is 18.3. The third kappa shape index (κ3) is 5.22. The Labute approximate surface area is 185 Å². The van der Waals surface area contributed by atoms with Crippen LogP contribution in [-0.2, 0) is 10.0 Å². The third-order valence-electron chi connectivity index (χ3n) is 4.54. The summed E-state index contributed by atoms with van der Waals surface area (Å²) in [6.07, 6.45) is 0. The van der Waals surface area contributed by atoms with Crippen LogP contribution in [0.25, 0.3) is 0 Å². The first-order valence-corrected chi connectivity index (χ1v) is 11.1. The zero-order chi connectivity index (χ0) is 22.6. The maximum Gasteiger partial charge on any atom is 0.261 e. The molecule has 0 aliphatic heterocycles. The number of amides is 2. The second-order valence-corrected chi connectivity index (χ2v) is 8.77. The first-order valence-electron chi connectivity index (χ1n) is 9.23. The maximum absolute atomic E-state index is 12.8. The summed E-state index contributed by atoms with van der Waals surface area (Å²) in [5, 5.41) is 5.67. The van der Waals surface area contributed by atoms with Gasteiger partial charge < -0.3 is 10.6 Å². The smallest absolute Gasteiger partial charge is 0.261 e. The van der Waals surface area contributed by atoms with E-state index in [1.54, 1.807) is 43.3 Å². The number of nitrogens with one attached hydrogen (secondary N) is 3. The molecule has 0 radical (unpaired) electrons. The quantitative estimate of drug-likeness (QED) is 0.519.